The number of hydrogen-bond acceptors (Lipinski definition) is 8. The first-order chi connectivity index (χ1) is 15.9. The van der Waals surface area contributed by atoms with Crippen molar-refractivity contribution in [3.63, 3.8) is 0 Å². The van der Waals surface area contributed by atoms with Gasteiger partial charge in [0.2, 0.25) is 0 Å². The molecule has 1 aromatic rings. The second kappa shape index (κ2) is 8.54. The lowest BCUT2D eigenvalue weighted by molar-refractivity contribution is -0.207. The average Bonchev–Trinajstić information content (AvgIpc) is 3.23. The number of ketones is 1. The van der Waals surface area contributed by atoms with Crippen LogP contribution in [-0.2, 0) is 45.2 Å². The van der Waals surface area contributed by atoms with Crippen LogP contribution < -0.4 is 0 Å². The fourth-order valence-electron chi connectivity index (χ4n) is 7.59. The minimum absolute atomic E-state index is 0.00704. The Balaban J connectivity index is 1.80. The molecule has 8 heteroatoms. The molecule has 0 amide bonds. The molecule has 0 aliphatic heterocycles. The lowest BCUT2D eigenvalue weighted by atomic mass is 9.39. The van der Waals surface area contributed by atoms with Gasteiger partial charge in [-0.15, -0.1) is 0 Å². The zero-order chi connectivity index (χ0) is 24.9. The summed E-state index contributed by atoms with van der Waals surface area (Å²) in [6.07, 6.45) is 5.83. The molecule has 0 saturated heterocycles. The molecule has 0 N–H and O–H groups in total. The van der Waals surface area contributed by atoms with E-state index in [0.29, 0.717) is 12.8 Å². The molecule has 1 heterocycles. The predicted octanol–water partition coefficient (Wildman–Crippen LogP) is 3.53. The molecule has 8 nitrogen and oxygen atoms in total. The summed E-state index contributed by atoms with van der Waals surface area (Å²) in [5.41, 5.74) is 0.366. The van der Waals surface area contributed by atoms with Gasteiger partial charge in [-0.2, -0.15) is 0 Å². The Bertz CT molecular complexity index is 1010. The highest BCUT2D eigenvalue weighted by Crippen LogP contribution is 2.67. The van der Waals surface area contributed by atoms with Gasteiger partial charge in [0, 0.05) is 43.6 Å². The summed E-state index contributed by atoms with van der Waals surface area (Å²) in [4.78, 5) is 49.1. The summed E-state index contributed by atoms with van der Waals surface area (Å²) >= 11 is 0. The van der Waals surface area contributed by atoms with Gasteiger partial charge >= 0.3 is 17.9 Å². The van der Waals surface area contributed by atoms with Gasteiger partial charge < -0.3 is 18.6 Å². The molecule has 2 saturated carbocycles. The van der Waals surface area contributed by atoms with Gasteiger partial charge in [0.15, 0.2) is 11.9 Å². The number of ether oxygens (including phenoxy) is 3. The number of carbonyl (C=O) groups excluding carboxylic acids is 4. The molecular formula is C26H34O8. The Morgan fingerprint density at radius 2 is 1.65 bits per heavy atom. The maximum Gasteiger partial charge on any atom is 0.303 e. The first-order valence-electron chi connectivity index (χ1n) is 12.0. The first-order valence-corrected chi connectivity index (χ1v) is 12.0. The van der Waals surface area contributed by atoms with Gasteiger partial charge in [-0.1, -0.05) is 13.8 Å². The molecular weight excluding hydrogens is 440 g/mol. The van der Waals surface area contributed by atoms with Crippen LogP contribution in [0.2, 0.25) is 0 Å². The minimum Gasteiger partial charge on any atom is -0.472 e. The Hall–Kier alpha value is -2.64. The highest BCUT2D eigenvalue weighted by atomic mass is 16.6. The molecule has 3 aliphatic carbocycles. The maximum absolute atomic E-state index is 13.6. The van der Waals surface area contributed by atoms with Crippen molar-refractivity contribution in [2.75, 3.05) is 13.2 Å². The highest BCUT2D eigenvalue weighted by Gasteiger charge is 2.67. The summed E-state index contributed by atoms with van der Waals surface area (Å²) in [7, 11) is 0. The van der Waals surface area contributed by atoms with Crippen molar-refractivity contribution in [2.24, 2.45) is 22.7 Å². The van der Waals surface area contributed by atoms with E-state index in [9.17, 15) is 19.2 Å². The van der Waals surface area contributed by atoms with E-state index in [1.54, 1.807) is 12.5 Å². The molecule has 3 aliphatic rings. The van der Waals surface area contributed by atoms with E-state index >= 15 is 0 Å². The van der Waals surface area contributed by atoms with E-state index in [2.05, 4.69) is 6.92 Å². The quantitative estimate of drug-likeness (QED) is 0.471. The lowest BCUT2D eigenvalue weighted by Crippen LogP contribution is -2.66. The standard InChI is InChI=1S/C26H34O8/c1-15(27)32-13-25(5)21-8-9-26(14-33-16(2)28)19-12-31-11-18(19)6-7-22(26)24(21,4)10-20(30)23(25)34-17(3)29/h11-12,21-23H,6-10,13-14H2,1-5H3/t21?,22?,23-,24-,25+,26+/m0/s1. The zero-order valence-electron chi connectivity index (χ0n) is 20.6. The van der Waals surface area contributed by atoms with Gasteiger partial charge in [-0.05, 0) is 48.5 Å². The lowest BCUT2D eigenvalue weighted by Gasteiger charge is -2.64. The third-order valence-electron chi connectivity index (χ3n) is 8.76. The van der Waals surface area contributed by atoms with Crippen LogP contribution in [0.25, 0.3) is 0 Å². The Labute approximate surface area is 199 Å². The van der Waals surface area contributed by atoms with Crippen molar-refractivity contribution < 1.29 is 37.8 Å². The van der Waals surface area contributed by atoms with Crippen LogP contribution in [0.4, 0.5) is 0 Å². The number of rotatable bonds is 5. The van der Waals surface area contributed by atoms with Crippen molar-refractivity contribution in [2.45, 2.75) is 78.2 Å². The van der Waals surface area contributed by atoms with Gasteiger partial charge in [0.05, 0.1) is 12.5 Å². The first kappa shape index (κ1) is 24.5. The molecule has 34 heavy (non-hydrogen) atoms. The molecule has 0 spiro atoms. The smallest absolute Gasteiger partial charge is 0.303 e. The Kier molecular flexibility index (Phi) is 6.15. The third kappa shape index (κ3) is 3.75. The largest absolute Gasteiger partial charge is 0.472 e. The predicted molar refractivity (Wildman–Crippen MR) is 120 cm³/mol. The fourth-order valence-corrected chi connectivity index (χ4v) is 7.59. The number of fused-ring (bicyclic) bond motifs is 5. The van der Waals surface area contributed by atoms with E-state index in [1.165, 1.54) is 20.8 Å². The van der Waals surface area contributed by atoms with Gasteiger partial charge in [-0.25, -0.2) is 0 Å². The van der Waals surface area contributed by atoms with Gasteiger partial charge in [0.1, 0.15) is 13.2 Å². The van der Waals surface area contributed by atoms with Crippen molar-refractivity contribution >= 4 is 23.7 Å². The SMILES string of the molecule is CC(=O)OC[C@@]12CCC3[C@](C)(CC(=O)[C@H](OC(C)=O)[C@]3(C)COC(C)=O)C1CCc1cocc12. The van der Waals surface area contributed by atoms with Gasteiger partial charge in [0.25, 0.3) is 0 Å². The Morgan fingerprint density at radius 1 is 0.971 bits per heavy atom. The molecule has 2 unspecified atom stereocenters. The zero-order valence-corrected chi connectivity index (χ0v) is 20.6. The van der Waals surface area contributed by atoms with Gasteiger partial charge in [-0.3, -0.25) is 19.2 Å². The molecule has 4 rings (SSSR count). The second-order valence-corrected chi connectivity index (χ2v) is 10.9. The summed E-state index contributed by atoms with van der Waals surface area (Å²) in [5, 5.41) is 0. The normalized spacial score (nSPS) is 36.5. The number of aryl methyl sites for hydroxylation is 1. The molecule has 1 aromatic heterocycles. The Morgan fingerprint density at radius 3 is 2.29 bits per heavy atom. The second-order valence-electron chi connectivity index (χ2n) is 10.9. The molecule has 0 aromatic carbocycles. The van der Waals surface area contributed by atoms with Crippen LogP contribution >= 0.6 is 0 Å². The summed E-state index contributed by atoms with van der Waals surface area (Å²) < 4.78 is 22.2. The number of carbonyl (C=O) groups is 4. The monoisotopic (exact) mass is 474 g/mol. The molecule has 0 radical (unpaired) electrons. The van der Waals surface area contributed by atoms with Crippen molar-refractivity contribution in [3.8, 4) is 0 Å². The third-order valence-corrected chi connectivity index (χ3v) is 8.76. The van der Waals surface area contributed by atoms with Crippen LogP contribution in [0.15, 0.2) is 16.9 Å². The van der Waals surface area contributed by atoms with Crippen LogP contribution in [0.1, 0.15) is 71.4 Å². The molecule has 186 valence electrons. The van der Waals surface area contributed by atoms with E-state index in [1.807, 2.05) is 6.92 Å². The van der Waals surface area contributed by atoms with Crippen molar-refractivity contribution in [3.05, 3.63) is 23.7 Å². The minimum atomic E-state index is -0.975. The van der Waals surface area contributed by atoms with Crippen LogP contribution in [0.3, 0.4) is 0 Å². The fraction of sp³-hybridized carbons (Fsp3) is 0.692. The van der Waals surface area contributed by atoms with Crippen LogP contribution in [0.5, 0.6) is 0 Å². The maximum atomic E-state index is 13.6. The number of Topliss-reactive ketones (excluding diaryl/α,β-unsaturated/α-hetero) is 1. The van der Waals surface area contributed by atoms with E-state index in [4.69, 9.17) is 18.6 Å². The molecule has 0 bridgehead atoms. The average molecular weight is 475 g/mol. The number of hydrogen-bond donors (Lipinski definition) is 0. The topological polar surface area (TPSA) is 109 Å². The van der Waals surface area contributed by atoms with Crippen LogP contribution in [-0.4, -0.2) is 43.0 Å². The van der Waals surface area contributed by atoms with E-state index < -0.39 is 34.3 Å². The van der Waals surface area contributed by atoms with E-state index in [-0.39, 0.29) is 43.2 Å². The number of furan rings is 1. The number of esters is 3. The summed E-state index contributed by atoms with van der Waals surface area (Å²) in [6.45, 7) is 8.28. The molecule has 6 atom stereocenters. The summed E-state index contributed by atoms with van der Waals surface area (Å²) in [6, 6.07) is 0. The molecule has 2 fully saturated rings. The summed E-state index contributed by atoms with van der Waals surface area (Å²) in [5.74, 6) is -1.50. The van der Waals surface area contributed by atoms with E-state index in [0.717, 1.165) is 24.0 Å². The highest BCUT2D eigenvalue weighted by molar-refractivity contribution is 5.88. The van der Waals surface area contributed by atoms with Crippen molar-refractivity contribution in [1.82, 2.24) is 0 Å². The van der Waals surface area contributed by atoms with Crippen molar-refractivity contribution in [1.29, 1.82) is 0 Å². The van der Waals surface area contributed by atoms with Crippen LogP contribution in [0, 0.1) is 22.7 Å².